The van der Waals surface area contributed by atoms with E-state index in [0.29, 0.717) is 36.1 Å². The van der Waals surface area contributed by atoms with Crippen LogP contribution in [0.15, 0.2) is 40.6 Å². The lowest BCUT2D eigenvalue weighted by Gasteiger charge is -2.16. The average Bonchev–Trinajstić information content (AvgIpc) is 2.76. The molecule has 2 aromatic rings. The molecule has 9 nitrogen and oxygen atoms in total. The summed E-state index contributed by atoms with van der Waals surface area (Å²) in [6, 6.07) is 6.81. The van der Waals surface area contributed by atoms with Gasteiger partial charge in [0.1, 0.15) is 17.1 Å². The smallest absolute Gasteiger partial charge is 0.259 e. The number of ketones is 1. The topological polar surface area (TPSA) is 108 Å². The molecule has 0 saturated heterocycles. The maximum absolute atomic E-state index is 12.9. The normalized spacial score (nSPS) is 11.7. The van der Waals surface area contributed by atoms with E-state index < -0.39 is 17.7 Å². The highest BCUT2D eigenvalue weighted by molar-refractivity contribution is 6.33. The minimum absolute atomic E-state index is 0.183. The molecule has 0 heterocycles. The summed E-state index contributed by atoms with van der Waals surface area (Å²) < 4.78 is 21.7. The summed E-state index contributed by atoms with van der Waals surface area (Å²) in [7, 11) is 2.83. The Bertz CT molecular complexity index is 996. The van der Waals surface area contributed by atoms with Crippen LogP contribution >= 0.6 is 11.6 Å². The number of halogens is 1. The number of anilines is 1. The summed E-state index contributed by atoms with van der Waals surface area (Å²) in [6.07, 6.45) is 0. The summed E-state index contributed by atoms with van der Waals surface area (Å²) in [5.74, 6) is 0.136. The number of amides is 1. The van der Waals surface area contributed by atoms with Gasteiger partial charge in [-0.15, -0.1) is 0 Å². The van der Waals surface area contributed by atoms with Gasteiger partial charge in [0.25, 0.3) is 5.91 Å². The minimum Gasteiger partial charge on any atom is -0.494 e. The second-order valence-electron chi connectivity index (χ2n) is 6.35. The first-order valence-electron chi connectivity index (χ1n) is 9.89. The number of azo groups is 1. The summed E-state index contributed by atoms with van der Waals surface area (Å²) in [5.41, 5.74) is 0.511. The molecule has 0 aliphatic carbocycles. The number of hydrogen-bond acceptors (Lipinski definition) is 8. The fourth-order valence-electron chi connectivity index (χ4n) is 2.80. The van der Waals surface area contributed by atoms with Gasteiger partial charge in [0.15, 0.2) is 23.0 Å². The zero-order chi connectivity index (χ0) is 23.7. The molecule has 1 unspecified atom stereocenters. The Balaban J connectivity index is 2.38. The Morgan fingerprint density at radius 1 is 1.00 bits per heavy atom. The van der Waals surface area contributed by atoms with Crippen molar-refractivity contribution in [2.45, 2.75) is 26.8 Å². The summed E-state index contributed by atoms with van der Waals surface area (Å²) in [5, 5.41) is 11.0. The third-order valence-corrected chi connectivity index (χ3v) is 4.50. The Kier molecular flexibility index (Phi) is 9.27. The SMILES string of the molecule is CCOc1cccc(N=NC(C(C)=O)C(=O)Nc2c(OC)ccc(Cl)c2OC)c1OCC. The summed E-state index contributed by atoms with van der Waals surface area (Å²) in [6.45, 7) is 5.72. The highest BCUT2D eigenvalue weighted by atomic mass is 35.5. The molecule has 2 rings (SSSR count). The standard InChI is InChI=1S/C22H26ClN3O6/c1-6-31-17-10-8-9-15(21(17)32-7-2)25-26-18(13(3)27)22(28)24-19-16(29-4)12-11-14(23)20(19)30-5/h8-12,18H,6-7H2,1-5H3,(H,24,28). The van der Waals surface area contributed by atoms with Crippen LogP contribution in [-0.4, -0.2) is 45.2 Å². The van der Waals surface area contributed by atoms with Crippen molar-refractivity contribution in [2.75, 3.05) is 32.8 Å². The highest BCUT2D eigenvalue weighted by Crippen LogP contribution is 2.41. The number of hydrogen-bond donors (Lipinski definition) is 1. The number of nitrogens with one attached hydrogen (secondary N) is 1. The third-order valence-electron chi connectivity index (χ3n) is 4.20. The van der Waals surface area contributed by atoms with Crippen molar-refractivity contribution >= 4 is 34.7 Å². The Hall–Kier alpha value is -3.33. The van der Waals surface area contributed by atoms with E-state index in [0.717, 1.165) is 0 Å². The lowest BCUT2D eigenvalue weighted by atomic mass is 10.2. The van der Waals surface area contributed by atoms with Crippen LogP contribution in [0.2, 0.25) is 5.02 Å². The van der Waals surface area contributed by atoms with Crippen molar-refractivity contribution in [3.05, 3.63) is 35.4 Å². The van der Waals surface area contributed by atoms with Gasteiger partial charge in [-0.2, -0.15) is 10.2 Å². The zero-order valence-corrected chi connectivity index (χ0v) is 19.4. The van der Waals surface area contributed by atoms with Crippen LogP contribution in [0, 0.1) is 0 Å². The van der Waals surface area contributed by atoms with Gasteiger partial charge in [0.05, 0.1) is 32.5 Å². The molecule has 0 aliphatic heterocycles. The Labute approximate surface area is 191 Å². The molecular formula is C22H26ClN3O6. The molecule has 0 bridgehead atoms. The van der Waals surface area contributed by atoms with E-state index in [2.05, 4.69) is 15.5 Å². The molecular weight excluding hydrogens is 438 g/mol. The first kappa shape index (κ1) is 24.9. The molecule has 1 N–H and O–H groups in total. The maximum Gasteiger partial charge on any atom is 0.259 e. The van der Waals surface area contributed by atoms with Crippen LogP contribution in [0.1, 0.15) is 20.8 Å². The van der Waals surface area contributed by atoms with E-state index in [-0.39, 0.29) is 16.5 Å². The Morgan fingerprint density at radius 2 is 1.72 bits per heavy atom. The predicted molar refractivity (Wildman–Crippen MR) is 121 cm³/mol. The quantitative estimate of drug-likeness (QED) is 0.377. The fraction of sp³-hybridized carbons (Fsp3) is 0.364. The molecule has 0 aromatic heterocycles. The van der Waals surface area contributed by atoms with Gasteiger partial charge in [-0.25, -0.2) is 0 Å². The number of carbonyl (C=O) groups excluding carboxylic acids is 2. The lowest BCUT2D eigenvalue weighted by molar-refractivity contribution is -0.126. The second kappa shape index (κ2) is 11.9. The predicted octanol–water partition coefficient (Wildman–Crippen LogP) is 4.83. The van der Waals surface area contributed by atoms with Gasteiger partial charge in [-0.05, 0) is 45.0 Å². The van der Waals surface area contributed by atoms with Gasteiger partial charge < -0.3 is 24.3 Å². The molecule has 32 heavy (non-hydrogen) atoms. The summed E-state index contributed by atoms with van der Waals surface area (Å²) in [4.78, 5) is 25.1. The maximum atomic E-state index is 12.9. The van der Waals surface area contributed by atoms with Gasteiger partial charge in [-0.1, -0.05) is 17.7 Å². The zero-order valence-electron chi connectivity index (χ0n) is 18.6. The largest absolute Gasteiger partial charge is 0.494 e. The van der Waals surface area contributed by atoms with Crippen molar-refractivity contribution in [1.29, 1.82) is 0 Å². The average molecular weight is 464 g/mol. The third kappa shape index (κ3) is 5.88. The van der Waals surface area contributed by atoms with Gasteiger partial charge in [0.2, 0.25) is 6.04 Å². The minimum atomic E-state index is -1.42. The molecule has 0 spiro atoms. The van der Waals surface area contributed by atoms with Crippen LogP contribution in [0.25, 0.3) is 0 Å². The van der Waals surface area contributed by atoms with Crippen molar-refractivity contribution in [3.63, 3.8) is 0 Å². The van der Waals surface area contributed by atoms with E-state index >= 15 is 0 Å². The number of ether oxygens (including phenoxy) is 4. The van der Waals surface area contributed by atoms with Gasteiger partial charge in [-0.3, -0.25) is 9.59 Å². The first-order valence-corrected chi connectivity index (χ1v) is 10.3. The molecule has 0 saturated carbocycles. The van der Waals surface area contributed by atoms with Crippen LogP contribution in [0.3, 0.4) is 0 Å². The molecule has 0 radical (unpaired) electrons. The van der Waals surface area contributed by atoms with E-state index in [9.17, 15) is 9.59 Å². The number of carbonyl (C=O) groups is 2. The number of nitrogens with zero attached hydrogens (tertiary/aromatic N) is 2. The van der Waals surface area contributed by atoms with E-state index in [4.69, 9.17) is 30.5 Å². The van der Waals surface area contributed by atoms with Crippen LogP contribution in [0.4, 0.5) is 11.4 Å². The van der Waals surface area contributed by atoms with E-state index in [1.54, 1.807) is 30.3 Å². The molecule has 10 heteroatoms. The number of Topliss-reactive ketones (excluding diaryl/α,β-unsaturated/α-hetero) is 1. The number of methoxy groups -OCH3 is 2. The highest BCUT2D eigenvalue weighted by Gasteiger charge is 2.26. The fourth-order valence-corrected chi connectivity index (χ4v) is 3.03. The molecule has 1 atom stereocenters. The molecule has 172 valence electrons. The van der Waals surface area contributed by atoms with Crippen molar-refractivity contribution < 1.29 is 28.5 Å². The Morgan fingerprint density at radius 3 is 2.31 bits per heavy atom. The monoisotopic (exact) mass is 463 g/mol. The number of rotatable bonds is 11. The van der Waals surface area contributed by atoms with Crippen molar-refractivity contribution in [3.8, 4) is 23.0 Å². The molecule has 2 aromatic carbocycles. The second-order valence-corrected chi connectivity index (χ2v) is 6.75. The van der Waals surface area contributed by atoms with Crippen LogP contribution in [0.5, 0.6) is 23.0 Å². The van der Waals surface area contributed by atoms with Gasteiger partial charge in [0, 0.05) is 0 Å². The van der Waals surface area contributed by atoms with Crippen LogP contribution in [-0.2, 0) is 9.59 Å². The molecule has 1 amide bonds. The van der Waals surface area contributed by atoms with Crippen LogP contribution < -0.4 is 24.3 Å². The first-order chi connectivity index (χ1) is 15.4. The van der Waals surface area contributed by atoms with E-state index in [1.165, 1.54) is 21.1 Å². The van der Waals surface area contributed by atoms with E-state index in [1.807, 2.05) is 13.8 Å². The van der Waals surface area contributed by atoms with Crippen molar-refractivity contribution in [1.82, 2.24) is 0 Å². The molecule has 0 aliphatic rings. The number of benzene rings is 2. The summed E-state index contributed by atoms with van der Waals surface area (Å²) >= 11 is 6.15. The van der Waals surface area contributed by atoms with Crippen molar-refractivity contribution in [2.24, 2.45) is 10.2 Å². The van der Waals surface area contributed by atoms with Gasteiger partial charge >= 0.3 is 0 Å². The number of para-hydroxylation sites is 1. The molecule has 0 fully saturated rings. The lowest BCUT2D eigenvalue weighted by Crippen LogP contribution is -2.32.